The Morgan fingerprint density at radius 3 is 2.66 bits per heavy atom. The number of aromatic nitrogens is 4. The van der Waals surface area contributed by atoms with Crippen LogP contribution in [0.2, 0.25) is 0 Å². The second-order valence-electron chi connectivity index (χ2n) is 7.40. The summed E-state index contributed by atoms with van der Waals surface area (Å²) in [5.41, 5.74) is 0.0591. The summed E-state index contributed by atoms with van der Waals surface area (Å²) in [5.74, 6) is -0.467. The van der Waals surface area contributed by atoms with E-state index in [9.17, 15) is 22.4 Å². The molecule has 0 aliphatic rings. The van der Waals surface area contributed by atoms with Crippen LogP contribution >= 0.6 is 0 Å². The summed E-state index contributed by atoms with van der Waals surface area (Å²) in [6.45, 7) is 1.57. The molecule has 0 saturated heterocycles. The van der Waals surface area contributed by atoms with Gasteiger partial charge in [0.25, 0.3) is 5.91 Å². The Morgan fingerprint density at radius 1 is 1.09 bits per heavy atom. The average Bonchev–Trinajstić information content (AvgIpc) is 3.24. The lowest BCUT2D eigenvalue weighted by molar-refractivity contribution is -0.137. The van der Waals surface area contributed by atoms with Crippen molar-refractivity contribution in [3.05, 3.63) is 72.0 Å². The maximum atomic E-state index is 13.6. The molecule has 8 nitrogen and oxygen atoms in total. The predicted molar refractivity (Wildman–Crippen MR) is 116 cm³/mol. The first kappa shape index (κ1) is 23.9. The van der Waals surface area contributed by atoms with Gasteiger partial charge in [-0.05, 0) is 43.3 Å². The van der Waals surface area contributed by atoms with E-state index in [0.29, 0.717) is 17.0 Å². The highest BCUT2D eigenvalue weighted by Crippen LogP contribution is 2.31. The fourth-order valence-electron chi connectivity index (χ4n) is 3.13. The van der Waals surface area contributed by atoms with E-state index in [0.717, 1.165) is 12.1 Å². The quantitative estimate of drug-likeness (QED) is 0.298. The van der Waals surface area contributed by atoms with Gasteiger partial charge in [0, 0.05) is 11.6 Å². The molecule has 4 aromatic rings. The molecule has 12 heteroatoms. The van der Waals surface area contributed by atoms with E-state index in [2.05, 4.69) is 20.6 Å². The Balaban J connectivity index is 1.31. The molecule has 182 valence electrons. The van der Waals surface area contributed by atoms with Gasteiger partial charge < -0.3 is 14.8 Å². The number of fused-ring (bicyclic) bond motifs is 1. The number of ether oxygens (including phenoxy) is 2. The third-order valence-corrected chi connectivity index (χ3v) is 4.82. The van der Waals surface area contributed by atoms with E-state index in [-0.39, 0.29) is 24.8 Å². The van der Waals surface area contributed by atoms with Crippen molar-refractivity contribution in [3.63, 3.8) is 0 Å². The minimum atomic E-state index is -4.51. The number of carbonyl (C=O) groups is 1. The van der Waals surface area contributed by atoms with Gasteiger partial charge in [-0.3, -0.25) is 4.79 Å². The zero-order chi connectivity index (χ0) is 25.0. The fraction of sp³-hybridized carbons (Fsp3) is 0.217. The monoisotopic (exact) mass is 489 g/mol. The standard InChI is InChI=1S/C23H19F4N5O3/c1-14(35-18-7-3-5-16(13-18)23(25,26)27)22(33)28-10-11-34-20-9-8-19-29-30-21(32(19)31-20)15-4-2-6-17(24)12-15/h2-9,12-14H,10-11H2,1H3,(H,28,33). The van der Waals surface area contributed by atoms with Crippen molar-refractivity contribution in [2.75, 3.05) is 13.2 Å². The summed E-state index contributed by atoms with van der Waals surface area (Å²) >= 11 is 0. The molecule has 0 spiro atoms. The molecule has 0 radical (unpaired) electrons. The number of amides is 1. The molecule has 4 rings (SSSR count). The predicted octanol–water partition coefficient (Wildman–Crippen LogP) is 3.91. The third kappa shape index (κ3) is 5.83. The van der Waals surface area contributed by atoms with Crippen LogP contribution in [0.15, 0.2) is 60.7 Å². The molecule has 0 fully saturated rings. The zero-order valence-electron chi connectivity index (χ0n) is 18.3. The highest BCUT2D eigenvalue weighted by Gasteiger charge is 2.30. The van der Waals surface area contributed by atoms with Crippen molar-refractivity contribution >= 4 is 11.6 Å². The number of rotatable bonds is 8. The van der Waals surface area contributed by atoms with Gasteiger partial charge in [-0.2, -0.15) is 17.7 Å². The lowest BCUT2D eigenvalue weighted by atomic mass is 10.2. The molecule has 0 aliphatic heterocycles. The largest absolute Gasteiger partial charge is 0.481 e. The summed E-state index contributed by atoms with van der Waals surface area (Å²) in [5, 5.41) is 14.9. The first-order chi connectivity index (χ1) is 16.7. The smallest absolute Gasteiger partial charge is 0.416 e. The lowest BCUT2D eigenvalue weighted by Crippen LogP contribution is -2.38. The topological polar surface area (TPSA) is 90.6 Å². The normalized spacial score (nSPS) is 12.4. The van der Waals surface area contributed by atoms with Gasteiger partial charge in [0.2, 0.25) is 5.88 Å². The highest BCUT2D eigenvalue weighted by atomic mass is 19.4. The van der Waals surface area contributed by atoms with Crippen molar-refractivity contribution in [3.8, 4) is 23.0 Å². The van der Waals surface area contributed by atoms with Crippen molar-refractivity contribution in [1.29, 1.82) is 0 Å². The molecule has 1 unspecified atom stereocenters. The van der Waals surface area contributed by atoms with Crippen LogP contribution in [0.4, 0.5) is 17.6 Å². The van der Waals surface area contributed by atoms with Gasteiger partial charge in [0.1, 0.15) is 18.2 Å². The van der Waals surface area contributed by atoms with Crippen LogP contribution in [-0.2, 0) is 11.0 Å². The van der Waals surface area contributed by atoms with Crippen LogP contribution < -0.4 is 14.8 Å². The van der Waals surface area contributed by atoms with Crippen molar-refractivity contribution in [2.24, 2.45) is 0 Å². The zero-order valence-corrected chi connectivity index (χ0v) is 18.3. The van der Waals surface area contributed by atoms with E-state index in [1.165, 1.54) is 35.7 Å². The Morgan fingerprint density at radius 2 is 1.89 bits per heavy atom. The minimum absolute atomic E-state index is 0.0535. The second-order valence-corrected chi connectivity index (χ2v) is 7.40. The number of hydrogen-bond acceptors (Lipinski definition) is 6. The number of nitrogens with one attached hydrogen (secondary N) is 1. The molecule has 2 aromatic carbocycles. The molecule has 35 heavy (non-hydrogen) atoms. The molecule has 1 amide bonds. The van der Waals surface area contributed by atoms with Crippen LogP contribution in [-0.4, -0.2) is 45.0 Å². The van der Waals surface area contributed by atoms with Crippen LogP contribution in [0.5, 0.6) is 11.6 Å². The molecule has 2 heterocycles. The molecule has 0 aliphatic carbocycles. The fourth-order valence-corrected chi connectivity index (χ4v) is 3.13. The Hall–Kier alpha value is -4.22. The van der Waals surface area contributed by atoms with Crippen molar-refractivity contribution in [1.82, 2.24) is 25.1 Å². The third-order valence-electron chi connectivity index (χ3n) is 4.82. The van der Waals surface area contributed by atoms with Gasteiger partial charge in [0.05, 0.1) is 12.1 Å². The summed E-state index contributed by atoms with van der Waals surface area (Å²) in [4.78, 5) is 12.2. The average molecular weight is 489 g/mol. The number of nitrogens with zero attached hydrogens (tertiary/aromatic N) is 4. The van der Waals surface area contributed by atoms with Gasteiger partial charge >= 0.3 is 6.18 Å². The van der Waals surface area contributed by atoms with Crippen LogP contribution in [0.3, 0.4) is 0 Å². The first-order valence-corrected chi connectivity index (χ1v) is 10.4. The molecule has 0 saturated carbocycles. The molecule has 2 aromatic heterocycles. The number of halogens is 4. The SMILES string of the molecule is CC(Oc1cccc(C(F)(F)F)c1)C(=O)NCCOc1ccc2nnc(-c3cccc(F)c3)n2n1. The second kappa shape index (κ2) is 9.95. The highest BCUT2D eigenvalue weighted by molar-refractivity contribution is 5.80. The van der Waals surface area contributed by atoms with Crippen molar-refractivity contribution in [2.45, 2.75) is 19.2 Å². The summed E-state index contributed by atoms with van der Waals surface area (Å²) in [7, 11) is 0. The van der Waals surface area contributed by atoms with Crippen LogP contribution in [0.1, 0.15) is 12.5 Å². The van der Waals surface area contributed by atoms with Gasteiger partial charge in [-0.15, -0.1) is 15.3 Å². The summed E-state index contributed by atoms with van der Waals surface area (Å²) < 4.78 is 64.3. The number of carbonyl (C=O) groups excluding carboxylic acids is 1. The van der Waals surface area contributed by atoms with E-state index >= 15 is 0 Å². The molecule has 0 bridgehead atoms. The Labute approximate surface area is 196 Å². The number of benzene rings is 2. The Bertz CT molecular complexity index is 1340. The van der Waals surface area contributed by atoms with Crippen LogP contribution in [0, 0.1) is 5.82 Å². The molecule has 1 atom stereocenters. The van der Waals surface area contributed by atoms with E-state index in [4.69, 9.17) is 9.47 Å². The van der Waals surface area contributed by atoms with E-state index in [1.54, 1.807) is 24.3 Å². The minimum Gasteiger partial charge on any atom is -0.481 e. The maximum absolute atomic E-state index is 13.6. The van der Waals surface area contributed by atoms with E-state index in [1.807, 2.05) is 0 Å². The molecular weight excluding hydrogens is 470 g/mol. The van der Waals surface area contributed by atoms with E-state index < -0.39 is 29.6 Å². The number of alkyl halides is 3. The summed E-state index contributed by atoms with van der Waals surface area (Å²) in [6, 6.07) is 13.3. The maximum Gasteiger partial charge on any atom is 0.416 e. The van der Waals surface area contributed by atoms with Gasteiger partial charge in [-0.1, -0.05) is 18.2 Å². The first-order valence-electron chi connectivity index (χ1n) is 10.4. The lowest BCUT2D eigenvalue weighted by Gasteiger charge is -2.16. The van der Waals surface area contributed by atoms with Crippen molar-refractivity contribution < 1.29 is 31.8 Å². The molecular formula is C23H19F4N5O3. The Kier molecular flexibility index (Phi) is 6.80. The summed E-state index contributed by atoms with van der Waals surface area (Å²) in [6.07, 6.45) is -5.54. The van der Waals surface area contributed by atoms with Gasteiger partial charge in [0.15, 0.2) is 17.6 Å². The van der Waals surface area contributed by atoms with Gasteiger partial charge in [-0.25, -0.2) is 4.39 Å². The molecule has 1 N–H and O–H groups in total. The van der Waals surface area contributed by atoms with Crippen LogP contribution in [0.25, 0.3) is 17.0 Å². The number of hydrogen-bond donors (Lipinski definition) is 1.